The maximum absolute atomic E-state index is 9.84. The zero-order valence-corrected chi connectivity index (χ0v) is 14.0. The van der Waals surface area contributed by atoms with E-state index in [0.29, 0.717) is 0 Å². The highest BCUT2D eigenvalue weighted by atomic mass is 16.7. The molecule has 24 heavy (non-hydrogen) atoms. The Morgan fingerprint density at radius 2 is 1.79 bits per heavy atom. The first kappa shape index (κ1) is 15.1. The lowest BCUT2D eigenvalue weighted by atomic mass is 9.94. The van der Waals surface area contributed by atoms with Crippen LogP contribution < -0.4 is 9.47 Å². The molecule has 0 fully saturated rings. The maximum Gasteiger partial charge on any atom is 0.231 e. The molecule has 0 bridgehead atoms. The van der Waals surface area contributed by atoms with Crippen LogP contribution in [0.2, 0.25) is 0 Å². The van der Waals surface area contributed by atoms with Crippen molar-refractivity contribution in [2.45, 2.75) is 32.8 Å². The average Bonchev–Trinajstić information content (AvgIpc) is 3.17. The van der Waals surface area contributed by atoms with Crippen LogP contribution in [0.4, 0.5) is 0 Å². The summed E-state index contributed by atoms with van der Waals surface area (Å²) in [5, 5.41) is 10.9. The maximum atomic E-state index is 9.84. The Hall–Kier alpha value is -2.46. The van der Waals surface area contributed by atoms with Crippen molar-refractivity contribution >= 4 is 11.0 Å². The third-order valence-electron chi connectivity index (χ3n) is 4.84. The second kappa shape index (κ2) is 5.56. The Bertz CT molecular complexity index is 907. The van der Waals surface area contributed by atoms with E-state index in [9.17, 15) is 5.11 Å². The molecule has 0 radical (unpaired) electrons. The van der Waals surface area contributed by atoms with Gasteiger partial charge in [-0.2, -0.15) is 0 Å². The van der Waals surface area contributed by atoms with Gasteiger partial charge in [0.2, 0.25) is 6.79 Å². The number of furan rings is 1. The number of fused-ring (bicyclic) bond motifs is 2. The Labute approximate surface area is 140 Å². The van der Waals surface area contributed by atoms with E-state index >= 15 is 0 Å². The van der Waals surface area contributed by atoms with Crippen LogP contribution in [0, 0.1) is 6.92 Å². The third-order valence-corrected chi connectivity index (χ3v) is 4.84. The summed E-state index contributed by atoms with van der Waals surface area (Å²) in [5.74, 6) is 2.43. The molecule has 3 aromatic rings. The van der Waals surface area contributed by atoms with E-state index in [4.69, 9.17) is 13.9 Å². The summed E-state index contributed by atoms with van der Waals surface area (Å²) in [6.07, 6.45) is -0.386. The van der Waals surface area contributed by atoms with E-state index in [-0.39, 0.29) is 18.8 Å². The van der Waals surface area contributed by atoms with Crippen LogP contribution in [0.3, 0.4) is 0 Å². The number of rotatable bonds is 3. The first-order chi connectivity index (χ1) is 11.5. The van der Waals surface area contributed by atoms with E-state index in [1.807, 2.05) is 44.2 Å². The van der Waals surface area contributed by atoms with Gasteiger partial charge in [-0.25, -0.2) is 0 Å². The first-order valence-corrected chi connectivity index (χ1v) is 8.15. The van der Waals surface area contributed by atoms with Crippen molar-refractivity contribution in [1.82, 2.24) is 0 Å². The summed E-state index contributed by atoms with van der Waals surface area (Å²) in [7, 11) is 0. The van der Waals surface area contributed by atoms with Gasteiger partial charge >= 0.3 is 0 Å². The lowest BCUT2D eigenvalue weighted by Crippen LogP contribution is -2.10. The molecule has 0 saturated carbocycles. The largest absolute Gasteiger partial charge is 0.456 e. The predicted molar refractivity (Wildman–Crippen MR) is 92.6 cm³/mol. The van der Waals surface area contributed by atoms with Crippen LogP contribution in [-0.2, 0) is 0 Å². The molecule has 0 saturated heterocycles. The molecular formula is C20H20O4. The molecule has 1 N–H and O–H groups in total. The lowest BCUT2D eigenvalue weighted by molar-refractivity contribution is 0.169. The Kier molecular flexibility index (Phi) is 3.50. The zero-order valence-electron chi connectivity index (χ0n) is 14.0. The fourth-order valence-electron chi connectivity index (χ4n) is 3.11. The van der Waals surface area contributed by atoms with Crippen molar-refractivity contribution in [3.05, 3.63) is 47.5 Å². The number of aryl methyl sites for hydroxylation is 1. The molecule has 124 valence electrons. The lowest BCUT2D eigenvalue weighted by Gasteiger charge is -2.14. The van der Waals surface area contributed by atoms with Crippen LogP contribution in [0.15, 0.2) is 40.8 Å². The molecule has 1 aliphatic rings. The normalized spacial score (nSPS) is 15.7. The molecule has 0 spiro atoms. The fourth-order valence-corrected chi connectivity index (χ4v) is 3.11. The number of ether oxygens (including phenoxy) is 2. The molecule has 2 atom stereocenters. The fraction of sp³-hybridized carbons (Fsp3) is 0.300. The van der Waals surface area contributed by atoms with E-state index < -0.39 is 0 Å². The van der Waals surface area contributed by atoms with Gasteiger partial charge in [0.05, 0.1) is 6.10 Å². The summed E-state index contributed by atoms with van der Waals surface area (Å²) in [6, 6.07) is 12.0. The molecule has 0 amide bonds. The second-order valence-corrected chi connectivity index (χ2v) is 6.41. The van der Waals surface area contributed by atoms with Gasteiger partial charge < -0.3 is 19.0 Å². The summed E-state index contributed by atoms with van der Waals surface area (Å²) in [5.41, 5.74) is 4.02. The molecule has 2 unspecified atom stereocenters. The summed E-state index contributed by atoms with van der Waals surface area (Å²) in [4.78, 5) is 0. The number of aliphatic hydroxyl groups is 1. The zero-order chi connectivity index (χ0) is 16.8. The van der Waals surface area contributed by atoms with Gasteiger partial charge in [-0.3, -0.25) is 0 Å². The molecule has 1 aliphatic heterocycles. The van der Waals surface area contributed by atoms with E-state index in [2.05, 4.69) is 13.0 Å². The monoisotopic (exact) mass is 324 g/mol. The second-order valence-electron chi connectivity index (χ2n) is 6.41. The summed E-state index contributed by atoms with van der Waals surface area (Å²) in [6.45, 7) is 6.16. The Balaban J connectivity index is 1.81. The number of benzene rings is 2. The number of hydrogen-bond acceptors (Lipinski definition) is 4. The van der Waals surface area contributed by atoms with Gasteiger partial charge in [-0.1, -0.05) is 13.0 Å². The van der Waals surface area contributed by atoms with Crippen LogP contribution in [0.1, 0.15) is 30.9 Å². The van der Waals surface area contributed by atoms with Crippen LogP contribution in [0.5, 0.6) is 11.5 Å². The van der Waals surface area contributed by atoms with Crippen LogP contribution in [0.25, 0.3) is 22.3 Å². The molecular weight excluding hydrogens is 304 g/mol. The van der Waals surface area contributed by atoms with Gasteiger partial charge in [0.25, 0.3) is 0 Å². The number of hydrogen-bond donors (Lipinski definition) is 1. The van der Waals surface area contributed by atoms with Gasteiger partial charge in [0.1, 0.15) is 11.3 Å². The van der Waals surface area contributed by atoms with Gasteiger partial charge in [0.15, 0.2) is 11.5 Å². The van der Waals surface area contributed by atoms with Crippen molar-refractivity contribution in [3.63, 3.8) is 0 Å². The van der Waals surface area contributed by atoms with Crippen molar-refractivity contribution < 1.29 is 19.0 Å². The minimum atomic E-state index is -0.386. The van der Waals surface area contributed by atoms with Crippen molar-refractivity contribution in [1.29, 1.82) is 0 Å². The highest BCUT2D eigenvalue weighted by Crippen LogP contribution is 2.40. The van der Waals surface area contributed by atoms with Gasteiger partial charge in [0, 0.05) is 22.4 Å². The summed E-state index contributed by atoms with van der Waals surface area (Å²) >= 11 is 0. The predicted octanol–water partition coefficient (Wildman–Crippen LogP) is 4.62. The van der Waals surface area contributed by atoms with E-state index in [1.54, 1.807) is 0 Å². The smallest absolute Gasteiger partial charge is 0.231 e. The first-order valence-electron chi connectivity index (χ1n) is 8.15. The SMILES string of the molecule is Cc1c(-c2ccc3c(c2)OCO3)oc2ccc(C(C)C(C)O)cc12. The highest BCUT2D eigenvalue weighted by molar-refractivity contribution is 5.88. The van der Waals surface area contributed by atoms with Crippen LogP contribution in [-0.4, -0.2) is 18.0 Å². The molecule has 4 heteroatoms. The quantitative estimate of drug-likeness (QED) is 0.763. The molecule has 0 aliphatic carbocycles. The molecule has 1 aromatic heterocycles. The summed E-state index contributed by atoms with van der Waals surface area (Å²) < 4.78 is 16.9. The molecule has 2 aromatic carbocycles. The Morgan fingerprint density at radius 1 is 1.00 bits per heavy atom. The minimum absolute atomic E-state index is 0.0812. The van der Waals surface area contributed by atoms with Crippen molar-refractivity contribution in [2.24, 2.45) is 0 Å². The topological polar surface area (TPSA) is 51.8 Å². The standard InChI is InChI=1S/C20H20O4/c1-11(13(3)21)14-4-6-17-16(8-14)12(2)20(24-17)15-5-7-18-19(9-15)23-10-22-18/h4-9,11,13,21H,10H2,1-3H3. The third kappa shape index (κ3) is 2.34. The van der Waals surface area contributed by atoms with E-state index in [0.717, 1.165) is 44.9 Å². The van der Waals surface area contributed by atoms with E-state index in [1.165, 1.54) is 0 Å². The molecule has 4 nitrogen and oxygen atoms in total. The average molecular weight is 324 g/mol. The molecule has 2 heterocycles. The van der Waals surface area contributed by atoms with Gasteiger partial charge in [-0.15, -0.1) is 0 Å². The van der Waals surface area contributed by atoms with Crippen LogP contribution >= 0.6 is 0 Å². The molecule has 4 rings (SSSR count). The highest BCUT2D eigenvalue weighted by Gasteiger charge is 2.19. The van der Waals surface area contributed by atoms with Gasteiger partial charge in [-0.05, 0) is 49.7 Å². The van der Waals surface area contributed by atoms with Crippen molar-refractivity contribution in [3.8, 4) is 22.8 Å². The van der Waals surface area contributed by atoms with Crippen molar-refractivity contribution in [2.75, 3.05) is 6.79 Å². The number of aliphatic hydroxyl groups excluding tert-OH is 1. The Morgan fingerprint density at radius 3 is 2.58 bits per heavy atom. The minimum Gasteiger partial charge on any atom is -0.456 e.